The Balaban J connectivity index is 2.39. The highest BCUT2D eigenvalue weighted by Gasteiger charge is 2.16. The molecular weight excluding hydrogens is 380 g/mol. The minimum absolute atomic E-state index is 0.190. The maximum Gasteiger partial charge on any atom is 0.133 e. The molecule has 0 bridgehead atoms. The lowest BCUT2D eigenvalue weighted by atomic mass is 9.96. The monoisotopic (exact) mass is 396 g/mol. The zero-order valence-electron chi connectivity index (χ0n) is 11.9. The van der Waals surface area contributed by atoms with Crippen LogP contribution < -0.4 is 4.74 Å². The molecule has 0 aliphatic rings. The van der Waals surface area contributed by atoms with Crippen molar-refractivity contribution < 1.29 is 4.74 Å². The third kappa shape index (κ3) is 3.26. The maximum atomic E-state index is 5.56. The molecule has 0 spiro atoms. The summed E-state index contributed by atoms with van der Waals surface area (Å²) in [5, 5.41) is 0. The third-order valence-corrected chi connectivity index (χ3v) is 4.95. The second-order valence-corrected chi connectivity index (χ2v) is 6.56. The van der Waals surface area contributed by atoms with Crippen molar-refractivity contribution in [2.45, 2.75) is 25.6 Å². The zero-order chi connectivity index (χ0) is 14.7. The summed E-state index contributed by atoms with van der Waals surface area (Å²) in [4.78, 5) is 0.190. The van der Waals surface area contributed by atoms with E-state index >= 15 is 0 Å². The molecule has 0 N–H and O–H groups in total. The van der Waals surface area contributed by atoms with E-state index in [0.29, 0.717) is 6.61 Å². The van der Waals surface area contributed by atoms with Crippen LogP contribution in [0.3, 0.4) is 0 Å². The summed E-state index contributed by atoms with van der Waals surface area (Å²) < 4.78 is 6.56. The van der Waals surface area contributed by atoms with Crippen LogP contribution in [0.25, 0.3) is 0 Å². The van der Waals surface area contributed by atoms with Crippen LogP contribution in [0.5, 0.6) is 5.75 Å². The van der Waals surface area contributed by atoms with E-state index in [9.17, 15) is 0 Å². The molecule has 1 unspecified atom stereocenters. The molecule has 0 saturated heterocycles. The Morgan fingerprint density at radius 1 is 1.10 bits per heavy atom. The van der Waals surface area contributed by atoms with Gasteiger partial charge in [-0.25, -0.2) is 0 Å². The first-order valence-corrected chi connectivity index (χ1v) is 8.38. The van der Waals surface area contributed by atoms with Crippen molar-refractivity contribution in [2.75, 3.05) is 6.61 Å². The van der Waals surface area contributed by atoms with E-state index < -0.39 is 0 Å². The minimum atomic E-state index is 0.190. The molecular formula is C17H18Br2O. The lowest BCUT2D eigenvalue weighted by Gasteiger charge is -2.17. The highest BCUT2D eigenvalue weighted by molar-refractivity contribution is 9.10. The van der Waals surface area contributed by atoms with Gasteiger partial charge in [-0.05, 0) is 71.1 Å². The molecule has 2 rings (SSSR count). The van der Waals surface area contributed by atoms with Crippen LogP contribution in [0.15, 0.2) is 40.9 Å². The van der Waals surface area contributed by atoms with E-state index in [-0.39, 0.29) is 4.83 Å². The van der Waals surface area contributed by atoms with Gasteiger partial charge in [0.05, 0.1) is 15.9 Å². The van der Waals surface area contributed by atoms with E-state index in [2.05, 4.69) is 76.0 Å². The number of halogens is 2. The highest BCUT2D eigenvalue weighted by Crippen LogP contribution is 2.38. The Kier molecular flexibility index (Phi) is 5.28. The summed E-state index contributed by atoms with van der Waals surface area (Å²) in [5.41, 5.74) is 5.16. The SMILES string of the molecule is CCOc1ccc(C(Br)c2c(C)cccc2C)cc1Br. The van der Waals surface area contributed by atoms with Gasteiger partial charge in [-0.2, -0.15) is 0 Å². The molecule has 1 nitrogen and oxygen atoms in total. The van der Waals surface area contributed by atoms with Crippen LogP contribution in [0.2, 0.25) is 0 Å². The first-order chi connectivity index (χ1) is 9.54. The normalized spacial score (nSPS) is 12.2. The van der Waals surface area contributed by atoms with Crippen LogP contribution in [0, 0.1) is 13.8 Å². The molecule has 2 aromatic rings. The minimum Gasteiger partial charge on any atom is -0.493 e. The van der Waals surface area contributed by atoms with Crippen molar-refractivity contribution in [1.82, 2.24) is 0 Å². The van der Waals surface area contributed by atoms with Gasteiger partial charge in [0.15, 0.2) is 0 Å². The fraction of sp³-hybridized carbons (Fsp3) is 0.294. The smallest absolute Gasteiger partial charge is 0.133 e. The molecule has 0 amide bonds. The average molecular weight is 398 g/mol. The second kappa shape index (κ2) is 6.77. The topological polar surface area (TPSA) is 9.23 Å². The summed E-state index contributed by atoms with van der Waals surface area (Å²) >= 11 is 7.41. The number of benzene rings is 2. The maximum absolute atomic E-state index is 5.56. The van der Waals surface area contributed by atoms with Gasteiger partial charge in [-0.1, -0.05) is 40.2 Å². The number of alkyl halides is 1. The standard InChI is InChI=1S/C17H18Br2O/c1-4-20-15-9-8-13(10-14(15)18)17(19)16-11(2)6-5-7-12(16)3/h5-10,17H,4H2,1-3H3. The number of aryl methyl sites for hydroxylation is 2. The zero-order valence-corrected chi connectivity index (χ0v) is 15.1. The molecule has 2 aromatic carbocycles. The molecule has 0 radical (unpaired) electrons. The van der Waals surface area contributed by atoms with Gasteiger partial charge in [0, 0.05) is 0 Å². The average Bonchev–Trinajstić information content (AvgIpc) is 2.41. The Labute approximate surface area is 137 Å². The third-order valence-electron chi connectivity index (χ3n) is 3.34. The van der Waals surface area contributed by atoms with Crippen molar-refractivity contribution in [3.8, 4) is 5.75 Å². The van der Waals surface area contributed by atoms with E-state index in [4.69, 9.17) is 4.74 Å². The highest BCUT2D eigenvalue weighted by atomic mass is 79.9. The van der Waals surface area contributed by atoms with Crippen molar-refractivity contribution in [3.63, 3.8) is 0 Å². The Morgan fingerprint density at radius 3 is 2.30 bits per heavy atom. The molecule has 0 aliphatic carbocycles. The predicted molar refractivity (Wildman–Crippen MR) is 92.0 cm³/mol. The van der Waals surface area contributed by atoms with E-state index in [1.807, 2.05) is 13.0 Å². The lowest BCUT2D eigenvalue weighted by Crippen LogP contribution is -2.00. The number of rotatable bonds is 4. The number of hydrogen-bond donors (Lipinski definition) is 0. The molecule has 3 heteroatoms. The van der Waals surface area contributed by atoms with Crippen LogP contribution in [0.4, 0.5) is 0 Å². The Morgan fingerprint density at radius 2 is 1.75 bits per heavy atom. The van der Waals surface area contributed by atoms with Gasteiger partial charge in [0.25, 0.3) is 0 Å². The molecule has 0 heterocycles. The summed E-state index contributed by atoms with van der Waals surface area (Å²) in [6.07, 6.45) is 0. The van der Waals surface area contributed by atoms with Gasteiger partial charge in [-0.15, -0.1) is 0 Å². The summed E-state index contributed by atoms with van der Waals surface area (Å²) in [6.45, 7) is 6.97. The van der Waals surface area contributed by atoms with Crippen molar-refractivity contribution in [2.24, 2.45) is 0 Å². The summed E-state index contributed by atoms with van der Waals surface area (Å²) in [5.74, 6) is 0.887. The Bertz CT molecular complexity index is 588. The quantitative estimate of drug-likeness (QED) is 0.579. The predicted octanol–water partition coefficient (Wildman–Crippen LogP) is 5.95. The fourth-order valence-electron chi connectivity index (χ4n) is 2.34. The molecule has 0 saturated carbocycles. The van der Waals surface area contributed by atoms with E-state index in [0.717, 1.165) is 10.2 Å². The molecule has 20 heavy (non-hydrogen) atoms. The van der Waals surface area contributed by atoms with Crippen LogP contribution in [-0.2, 0) is 0 Å². The van der Waals surface area contributed by atoms with E-state index in [1.54, 1.807) is 0 Å². The fourth-order valence-corrected chi connectivity index (χ4v) is 3.86. The van der Waals surface area contributed by atoms with Gasteiger partial charge in [0.2, 0.25) is 0 Å². The number of hydrogen-bond acceptors (Lipinski definition) is 1. The van der Waals surface area contributed by atoms with Gasteiger partial charge in [-0.3, -0.25) is 0 Å². The van der Waals surface area contributed by atoms with Gasteiger partial charge < -0.3 is 4.74 Å². The second-order valence-electron chi connectivity index (χ2n) is 4.79. The van der Waals surface area contributed by atoms with Crippen molar-refractivity contribution in [3.05, 3.63) is 63.1 Å². The van der Waals surface area contributed by atoms with Crippen molar-refractivity contribution in [1.29, 1.82) is 0 Å². The van der Waals surface area contributed by atoms with Crippen molar-refractivity contribution >= 4 is 31.9 Å². The van der Waals surface area contributed by atoms with Crippen LogP contribution in [-0.4, -0.2) is 6.61 Å². The molecule has 0 aromatic heterocycles. The molecule has 0 aliphatic heterocycles. The van der Waals surface area contributed by atoms with Gasteiger partial charge >= 0.3 is 0 Å². The lowest BCUT2D eigenvalue weighted by molar-refractivity contribution is 0.338. The number of ether oxygens (including phenoxy) is 1. The van der Waals surface area contributed by atoms with Crippen LogP contribution >= 0.6 is 31.9 Å². The summed E-state index contributed by atoms with van der Waals surface area (Å²) in [6, 6.07) is 12.7. The molecule has 106 valence electrons. The van der Waals surface area contributed by atoms with Gasteiger partial charge in [0.1, 0.15) is 5.75 Å². The first-order valence-electron chi connectivity index (χ1n) is 6.67. The molecule has 1 atom stereocenters. The van der Waals surface area contributed by atoms with Crippen LogP contribution in [0.1, 0.15) is 34.0 Å². The summed E-state index contributed by atoms with van der Waals surface area (Å²) in [7, 11) is 0. The largest absolute Gasteiger partial charge is 0.493 e. The first kappa shape index (κ1) is 15.6. The van der Waals surface area contributed by atoms with E-state index in [1.165, 1.54) is 22.3 Å². The Hall–Kier alpha value is -0.800. The molecule has 0 fully saturated rings.